The van der Waals surface area contributed by atoms with Crippen LogP contribution in [-0.4, -0.2) is 33.4 Å². The van der Waals surface area contributed by atoms with Gasteiger partial charge < -0.3 is 4.90 Å². The van der Waals surface area contributed by atoms with Crippen LogP contribution in [0.25, 0.3) is 22.7 Å². The fourth-order valence-corrected chi connectivity index (χ4v) is 6.75. The highest BCUT2D eigenvalue weighted by atomic mass is 19.1. The molecule has 0 bridgehead atoms. The average Bonchev–Trinajstić information content (AvgIpc) is 3.85. The van der Waals surface area contributed by atoms with E-state index in [1.54, 1.807) is 21.6 Å². The van der Waals surface area contributed by atoms with E-state index in [9.17, 15) is 4.79 Å². The second kappa shape index (κ2) is 15.7. The van der Waals surface area contributed by atoms with Gasteiger partial charge in [-0.25, -0.2) is 13.8 Å². The molecule has 4 aromatic rings. The highest BCUT2D eigenvalue weighted by Gasteiger charge is 2.31. The maximum atomic E-state index is 15.9. The first kappa shape index (κ1) is 35.0. The summed E-state index contributed by atoms with van der Waals surface area (Å²) in [6.45, 7) is 16.9. The molecule has 1 aliphatic heterocycles. The number of allylic oxidation sites excluding steroid dienone is 2. The quantitative estimate of drug-likeness (QED) is 0.152. The number of likely N-dealkylation sites (tertiary alicyclic amines) is 1. The lowest BCUT2D eigenvalue weighted by molar-refractivity contribution is 0.0703. The van der Waals surface area contributed by atoms with Crippen LogP contribution in [0.4, 0.5) is 8.78 Å². The molecule has 2 aliphatic rings. The Kier molecular flexibility index (Phi) is 11.5. The van der Waals surface area contributed by atoms with Gasteiger partial charge in [-0.2, -0.15) is 0 Å². The molecule has 252 valence electrons. The van der Waals surface area contributed by atoms with Crippen LogP contribution < -0.4 is 0 Å². The summed E-state index contributed by atoms with van der Waals surface area (Å²) in [5.74, 6) is 0.659. The van der Waals surface area contributed by atoms with Crippen LogP contribution in [0.1, 0.15) is 116 Å². The molecule has 1 saturated carbocycles. The predicted octanol–water partition coefficient (Wildman–Crippen LogP) is 11.2. The number of aromatic nitrogens is 2. The molecule has 3 aromatic carbocycles. The van der Waals surface area contributed by atoms with E-state index in [2.05, 4.69) is 25.3 Å². The summed E-state index contributed by atoms with van der Waals surface area (Å²) in [4.78, 5) is 20.2. The van der Waals surface area contributed by atoms with Crippen molar-refractivity contribution >= 4 is 28.6 Å². The summed E-state index contributed by atoms with van der Waals surface area (Å²) in [5, 5.41) is 0. The van der Waals surface area contributed by atoms with Crippen LogP contribution in [-0.2, 0) is 0 Å². The van der Waals surface area contributed by atoms with E-state index in [-0.39, 0.29) is 17.4 Å². The lowest BCUT2D eigenvalue weighted by Crippen LogP contribution is -2.39. The number of imidazole rings is 1. The van der Waals surface area contributed by atoms with Gasteiger partial charge in [-0.3, -0.25) is 9.36 Å². The van der Waals surface area contributed by atoms with Gasteiger partial charge in [-0.1, -0.05) is 82.0 Å². The van der Waals surface area contributed by atoms with Crippen molar-refractivity contribution in [2.24, 2.45) is 5.92 Å². The molecule has 1 aliphatic carbocycles. The van der Waals surface area contributed by atoms with Crippen LogP contribution in [0, 0.1) is 18.7 Å². The molecule has 6 heteroatoms. The third-order valence-electron chi connectivity index (χ3n) is 9.52. The number of rotatable bonds is 11. The first-order valence-electron chi connectivity index (χ1n) is 17.6. The number of carbonyl (C=O) groups is 1. The highest BCUT2D eigenvalue weighted by molar-refractivity contribution is 5.96. The van der Waals surface area contributed by atoms with Crippen molar-refractivity contribution in [1.29, 1.82) is 0 Å². The highest BCUT2D eigenvalue weighted by Crippen LogP contribution is 2.37. The summed E-state index contributed by atoms with van der Waals surface area (Å²) < 4.78 is 32.8. The van der Waals surface area contributed by atoms with Crippen molar-refractivity contribution in [1.82, 2.24) is 14.5 Å². The second-order valence-corrected chi connectivity index (χ2v) is 12.9. The van der Waals surface area contributed by atoms with Crippen LogP contribution >= 0.6 is 0 Å². The third kappa shape index (κ3) is 7.69. The molecular formula is C42H49F2N3O. The zero-order chi connectivity index (χ0) is 34.4. The van der Waals surface area contributed by atoms with Crippen LogP contribution in [0.3, 0.4) is 0 Å². The number of alkyl halides is 1. The van der Waals surface area contributed by atoms with Crippen molar-refractivity contribution in [3.63, 3.8) is 0 Å². The first-order chi connectivity index (χ1) is 23.3. The van der Waals surface area contributed by atoms with E-state index in [1.807, 2.05) is 70.2 Å². The van der Waals surface area contributed by atoms with Gasteiger partial charge in [-0.15, -0.1) is 0 Å². The fourth-order valence-electron chi connectivity index (χ4n) is 6.75. The molecule has 0 spiro atoms. The SMILES string of the molecule is C=Cc1cccc(/C(=C/CC(=C)CC2CC2)c2cc(F)c(C(=O)N3CCC(c4nc5ccccc5n4C(F)CC)CC3)cc2C)c1.CC. The molecule has 2 heterocycles. The van der Waals surface area contributed by atoms with Crippen molar-refractivity contribution < 1.29 is 13.6 Å². The minimum Gasteiger partial charge on any atom is -0.339 e. The Balaban J connectivity index is 0.00000221. The molecular weight excluding hydrogens is 600 g/mol. The van der Waals surface area contributed by atoms with Crippen LogP contribution in [0.5, 0.6) is 0 Å². The monoisotopic (exact) mass is 649 g/mol. The summed E-state index contributed by atoms with van der Waals surface area (Å²) in [5.41, 5.74) is 7.33. The number of carbonyl (C=O) groups excluding carboxylic acids is 1. The van der Waals surface area contributed by atoms with Crippen molar-refractivity contribution in [2.45, 2.75) is 84.9 Å². The van der Waals surface area contributed by atoms with Gasteiger partial charge in [0.25, 0.3) is 5.91 Å². The second-order valence-electron chi connectivity index (χ2n) is 12.9. The minimum absolute atomic E-state index is 0.0175. The van der Waals surface area contributed by atoms with Gasteiger partial charge in [0, 0.05) is 19.0 Å². The summed E-state index contributed by atoms with van der Waals surface area (Å²) in [6.07, 6.45) is 8.71. The van der Waals surface area contributed by atoms with Crippen molar-refractivity contribution in [2.75, 3.05) is 13.1 Å². The summed E-state index contributed by atoms with van der Waals surface area (Å²) >= 11 is 0. The Labute approximate surface area is 284 Å². The number of fused-ring (bicyclic) bond motifs is 1. The number of piperidine rings is 1. The number of hydrogen-bond donors (Lipinski definition) is 0. The van der Waals surface area contributed by atoms with Crippen molar-refractivity contribution in [3.05, 3.63) is 125 Å². The Morgan fingerprint density at radius 1 is 1.02 bits per heavy atom. The van der Waals surface area contributed by atoms with Gasteiger partial charge >= 0.3 is 0 Å². The van der Waals surface area contributed by atoms with Gasteiger partial charge in [0.15, 0.2) is 6.30 Å². The van der Waals surface area contributed by atoms with E-state index in [4.69, 9.17) is 4.98 Å². The fraction of sp³-hybridized carbons (Fsp3) is 0.381. The Morgan fingerprint density at radius 3 is 2.44 bits per heavy atom. The first-order valence-corrected chi connectivity index (χ1v) is 17.6. The number of halogens is 2. The number of para-hydroxylation sites is 2. The summed E-state index contributed by atoms with van der Waals surface area (Å²) in [7, 11) is 0. The number of hydrogen-bond acceptors (Lipinski definition) is 2. The van der Waals surface area contributed by atoms with E-state index >= 15 is 8.78 Å². The topological polar surface area (TPSA) is 38.1 Å². The molecule has 0 N–H and O–H groups in total. The van der Waals surface area contributed by atoms with Crippen LogP contribution in [0.15, 0.2) is 85.5 Å². The van der Waals surface area contributed by atoms with E-state index < -0.39 is 12.1 Å². The maximum absolute atomic E-state index is 15.9. The molecule has 0 radical (unpaired) electrons. The van der Waals surface area contributed by atoms with Crippen molar-refractivity contribution in [3.8, 4) is 0 Å². The molecule has 1 unspecified atom stereocenters. The van der Waals surface area contributed by atoms with Gasteiger partial charge in [0.05, 0.1) is 16.6 Å². The van der Waals surface area contributed by atoms with Gasteiger partial charge in [0.1, 0.15) is 11.6 Å². The standard InChI is InChI=1S/C40H43F2N3O.C2H6/c1-5-28-10-9-11-31(24-28)32(17-14-26(3)22-29-15-16-29)33-25-35(41)34(23-27(33)4)40(46)44-20-18-30(19-21-44)39-43-36-12-7-8-13-37(36)45(39)38(42)6-2;1-2/h5,7-13,17,23-25,29-30,38H,1,3,6,14-16,18-22H2,2,4H3;1-2H3/b32-17-;. The predicted molar refractivity (Wildman–Crippen MR) is 195 cm³/mol. The third-order valence-corrected chi connectivity index (χ3v) is 9.52. The molecule has 6 rings (SSSR count). The smallest absolute Gasteiger partial charge is 0.256 e. The van der Waals surface area contributed by atoms with E-state index in [0.717, 1.165) is 63.4 Å². The zero-order valence-electron chi connectivity index (χ0n) is 28.9. The van der Waals surface area contributed by atoms with Gasteiger partial charge in [-0.05, 0) is 116 Å². The molecule has 1 saturated heterocycles. The zero-order valence-corrected chi connectivity index (χ0v) is 28.9. The average molecular weight is 650 g/mol. The Bertz CT molecular complexity index is 1810. The Morgan fingerprint density at radius 2 is 1.75 bits per heavy atom. The molecule has 1 aromatic heterocycles. The number of nitrogens with zero attached hydrogens (tertiary/aromatic N) is 3. The van der Waals surface area contributed by atoms with E-state index in [1.165, 1.54) is 24.5 Å². The molecule has 4 nitrogen and oxygen atoms in total. The largest absolute Gasteiger partial charge is 0.339 e. The lowest BCUT2D eigenvalue weighted by Gasteiger charge is -2.32. The Hall–Kier alpha value is -4.32. The van der Waals surface area contributed by atoms with Crippen LogP contribution in [0.2, 0.25) is 0 Å². The molecule has 1 amide bonds. The lowest BCUT2D eigenvalue weighted by atomic mass is 9.90. The van der Waals surface area contributed by atoms with E-state index in [0.29, 0.717) is 32.4 Å². The van der Waals surface area contributed by atoms with Gasteiger partial charge in [0.2, 0.25) is 0 Å². The minimum atomic E-state index is -1.16. The molecule has 48 heavy (non-hydrogen) atoms. The summed E-state index contributed by atoms with van der Waals surface area (Å²) in [6, 6.07) is 18.9. The number of amides is 1. The number of benzene rings is 3. The number of aryl methyl sites for hydroxylation is 1. The maximum Gasteiger partial charge on any atom is 0.256 e. The normalized spacial score (nSPS) is 16.0. The molecule has 1 atom stereocenters. The molecule has 2 fully saturated rings.